The van der Waals surface area contributed by atoms with E-state index >= 15 is 0 Å². The predicted molar refractivity (Wildman–Crippen MR) is 128 cm³/mol. The van der Waals surface area contributed by atoms with Gasteiger partial charge in [-0.15, -0.1) is 0 Å². The SMILES string of the molecule is Cc1c(N)ccc(/N=C2/C=C(Nc3ccc(N)c(C)c3C)C(=O)C=C2NCCO)c1C. The summed E-state index contributed by atoms with van der Waals surface area (Å²) in [6, 6.07) is 7.36. The first kappa shape index (κ1) is 22.1. The van der Waals surface area contributed by atoms with Crippen molar-refractivity contribution < 1.29 is 9.90 Å². The smallest absolute Gasteiger partial charge is 0.204 e. The number of allylic oxidation sites excluding steroid dienone is 2. The fourth-order valence-corrected chi connectivity index (χ4v) is 3.29. The first-order valence-electron chi connectivity index (χ1n) is 10.1. The number of hydrogen-bond donors (Lipinski definition) is 5. The first-order chi connectivity index (χ1) is 14.7. The molecule has 0 saturated carbocycles. The second kappa shape index (κ2) is 9.06. The number of anilines is 3. The number of hydrogen-bond acceptors (Lipinski definition) is 7. The van der Waals surface area contributed by atoms with Gasteiger partial charge in [-0.3, -0.25) is 4.79 Å². The third-order valence-corrected chi connectivity index (χ3v) is 5.66. The number of nitrogens with one attached hydrogen (secondary N) is 2. The first-order valence-corrected chi connectivity index (χ1v) is 10.1. The summed E-state index contributed by atoms with van der Waals surface area (Å²) < 4.78 is 0. The lowest BCUT2D eigenvalue weighted by Crippen LogP contribution is -2.28. The molecule has 0 aliphatic heterocycles. The van der Waals surface area contributed by atoms with Crippen molar-refractivity contribution in [3.05, 3.63) is 70.1 Å². The number of aliphatic hydroxyl groups is 1. The summed E-state index contributed by atoms with van der Waals surface area (Å²) in [7, 11) is 0. The Morgan fingerprint density at radius 3 is 2.19 bits per heavy atom. The molecule has 0 amide bonds. The minimum atomic E-state index is -0.182. The maximum Gasteiger partial charge on any atom is 0.204 e. The number of nitrogens with zero attached hydrogens (tertiary/aromatic N) is 1. The largest absolute Gasteiger partial charge is 0.399 e. The van der Waals surface area contributed by atoms with Crippen molar-refractivity contribution in [1.82, 2.24) is 5.32 Å². The van der Waals surface area contributed by atoms with Crippen LogP contribution in [0.4, 0.5) is 22.7 Å². The number of rotatable bonds is 6. The maximum absolute atomic E-state index is 12.8. The van der Waals surface area contributed by atoms with E-state index in [0.29, 0.717) is 35.0 Å². The molecular formula is C24H29N5O2. The number of nitrogens with two attached hydrogens (primary N) is 2. The monoisotopic (exact) mass is 419 g/mol. The van der Waals surface area contributed by atoms with Gasteiger partial charge in [-0.2, -0.15) is 0 Å². The normalized spacial score (nSPS) is 15.0. The van der Waals surface area contributed by atoms with Gasteiger partial charge in [0, 0.05) is 29.7 Å². The topological polar surface area (TPSA) is 126 Å². The highest BCUT2D eigenvalue weighted by atomic mass is 16.3. The molecule has 0 radical (unpaired) electrons. The van der Waals surface area contributed by atoms with E-state index in [1.807, 2.05) is 52.0 Å². The van der Waals surface area contributed by atoms with Crippen LogP contribution in [-0.2, 0) is 4.79 Å². The van der Waals surface area contributed by atoms with Gasteiger partial charge in [-0.1, -0.05) is 0 Å². The molecule has 2 aromatic carbocycles. The molecule has 3 rings (SSSR count). The zero-order valence-electron chi connectivity index (χ0n) is 18.3. The van der Waals surface area contributed by atoms with E-state index in [1.165, 1.54) is 6.08 Å². The molecular weight excluding hydrogens is 390 g/mol. The van der Waals surface area contributed by atoms with Crippen LogP contribution < -0.4 is 22.1 Å². The van der Waals surface area contributed by atoms with Gasteiger partial charge in [0.25, 0.3) is 0 Å². The van der Waals surface area contributed by atoms with Crippen molar-refractivity contribution in [3.8, 4) is 0 Å². The zero-order chi connectivity index (χ0) is 22.7. The molecule has 0 spiro atoms. The van der Waals surface area contributed by atoms with Crippen molar-refractivity contribution in [2.75, 3.05) is 29.9 Å². The van der Waals surface area contributed by atoms with Crippen molar-refractivity contribution >= 4 is 34.2 Å². The minimum absolute atomic E-state index is 0.0580. The van der Waals surface area contributed by atoms with Gasteiger partial charge in [0.2, 0.25) is 5.78 Å². The van der Waals surface area contributed by atoms with Crippen molar-refractivity contribution in [3.63, 3.8) is 0 Å². The molecule has 0 unspecified atom stereocenters. The molecule has 1 aliphatic carbocycles. The van der Waals surface area contributed by atoms with Crippen LogP contribution in [0.5, 0.6) is 0 Å². The summed E-state index contributed by atoms with van der Waals surface area (Å²) in [6.07, 6.45) is 3.22. The van der Waals surface area contributed by atoms with Gasteiger partial charge >= 0.3 is 0 Å². The Labute approximate surface area is 182 Å². The van der Waals surface area contributed by atoms with E-state index in [4.69, 9.17) is 16.5 Å². The van der Waals surface area contributed by atoms with E-state index in [0.717, 1.165) is 33.6 Å². The average Bonchev–Trinajstić information content (AvgIpc) is 2.75. The fourth-order valence-electron chi connectivity index (χ4n) is 3.29. The lowest BCUT2D eigenvalue weighted by atomic mass is 10.0. The number of aliphatic hydroxyl groups excluding tert-OH is 1. The van der Waals surface area contributed by atoms with Crippen LogP contribution in [0.15, 0.2) is 52.8 Å². The highest BCUT2D eigenvalue weighted by molar-refractivity contribution is 6.23. The fraction of sp³-hybridized carbons (Fsp3) is 0.250. The Balaban J connectivity index is 2.04. The summed E-state index contributed by atoms with van der Waals surface area (Å²) in [5.74, 6) is -0.182. The number of benzene rings is 2. The number of carbonyl (C=O) groups excluding carboxylic acids is 1. The average molecular weight is 420 g/mol. The zero-order valence-corrected chi connectivity index (χ0v) is 18.3. The number of carbonyl (C=O) groups is 1. The predicted octanol–water partition coefficient (Wildman–Crippen LogP) is 3.20. The molecule has 7 heteroatoms. The summed E-state index contributed by atoms with van der Waals surface area (Å²) >= 11 is 0. The molecule has 2 aromatic rings. The lowest BCUT2D eigenvalue weighted by molar-refractivity contribution is -0.111. The van der Waals surface area contributed by atoms with Crippen molar-refractivity contribution in [1.29, 1.82) is 0 Å². The van der Waals surface area contributed by atoms with E-state index in [1.54, 1.807) is 6.08 Å². The van der Waals surface area contributed by atoms with Gasteiger partial charge in [-0.05, 0) is 80.3 Å². The Morgan fingerprint density at radius 2 is 1.52 bits per heavy atom. The number of nitrogen functional groups attached to an aromatic ring is 2. The van der Waals surface area contributed by atoms with Crippen LogP contribution in [0.25, 0.3) is 0 Å². The second-order valence-electron chi connectivity index (χ2n) is 7.63. The van der Waals surface area contributed by atoms with Crippen LogP contribution in [-0.4, -0.2) is 29.8 Å². The third-order valence-electron chi connectivity index (χ3n) is 5.66. The maximum atomic E-state index is 12.8. The van der Waals surface area contributed by atoms with Crippen LogP contribution in [0.3, 0.4) is 0 Å². The summed E-state index contributed by atoms with van der Waals surface area (Å²) in [5.41, 5.74) is 20.4. The van der Waals surface area contributed by atoms with Gasteiger partial charge in [0.1, 0.15) is 0 Å². The Hall–Kier alpha value is -3.58. The molecule has 0 fully saturated rings. The van der Waals surface area contributed by atoms with Crippen LogP contribution in [0.1, 0.15) is 22.3 Å². The van der Waals surface area contributed by atoms with Gasteiger partial charge in [-0.25, -0.2) is 4.99 Å². The van der Waals surface area contributed by atoms with Crippen LogP contribution in [0, 0.1) is 27.7 Å². The molecule has 7 nitrogen and oxygen atoms in total. The molecule has 7 N–H and O–H groups in total. The summed E-state index contributed by atoms with van der Waals surface area (Å²) in [4.78, 5) is 17.6. The van der Waals surface area contributed by atoms with Gasteiger partial charge < -0.3 is 27.2 Å². The molecule has 162 valence electrons. The minimum Gasteiger partial charge on any atom is -0.399 e. The Kier molecular flexibility index (Phi) is 6.46. The van der Waals surface area contributed by atoms with Crippen molar-refractivity contribution in [2.45, 2.75) is 27.7 Å². The van der Waals surface area contributed by atoms with E-state index in [9.17, 15) is 9.90 Å². The quantitative estimate of drug-likeness (QED) is 0.362. The van der Waals surface area contributed by atoms with E-state index in [2.05, 4.69) is 10.6 Å². The Morgan fingerprint density at radius 1 is 0.871 bits per heavy atom. The van der Waals surface area contributed by atoms with Gasteiger partial charge in [0.15, 0.2) is 0 Å². The van der Waals surface area contributed by atoms with Gasteiger partial charge in [0.05, 0.1) is 29.4 Å². The second-order valence-corrected chi connectivity index (χ2v) is 7.63. The molecule has 0 atom stereocenters. The van der Waals surface area contributed by atoms with Crippen molar-refractivity contribution in [2.24, 2.45) is 4.99 Å². The molecule has 0 saturated heterocycles. The Bertz CT molecular complexity index is 1130. The highest BCUT2D eigenvalue weighted by Crippen LogP contribution is 2.29. The highest BCUT2D eigenvalue weighted by Gasteiger charge is 2.20. The molecule has 0 heterocycles. The molecule has 1 aliphatic rings. The van der Waals surface area contributed by atoms with E-state index < -0.39 is 0 Å². The lowest BCUT2D eigenvalue weighted by Gasteiger charge is -2.20. The number of aliphatic imine (C=N–C) groups is 1. The summed E-state index contributed by atoms with van der Waals surface area (Å²) in [5, 5.41) is 15.5. The molecule has 31 heavy (non-hydrogen) atoms. The third kappa shape index (κ3) is 4.62. The van der Waals surface area contributed by atoms with Crippen LogP contribution in [0.2, 0.25) is 0 Å². The molecule has 0 bridgehead atoms. The van der Waals surface area contributed by atoms with E-state index in [-0.39, 0.29) is 12.4 Å². The summed E-state index contributed by atoms with van der Waals surface area (Å²) in [6.45, 7) is 8.08. The molecule has 0 aromatic heterocycles. The van der Waals surface area contributed by atoms with Crippen LogP contribution >= 0.6 is 0 Å². The number of ketones is 1. The standard InChI is InChI=1S/C24H29N5O2/c1-13-15(3)19(7-5-17(13)25)28-22-11-23(24(31)12-21(22)27-9-10-30)29-20-8-6-18(26)14(2)16(20)4/h5-8,11-12,27,29-30H,9-10,25-26H2,1-4H3/b28-22-.